The summed E-state index contributed by atoms with van der Waals surface area (Å²) in [7, 11) is 0. The van der Waals surface area contributed by atoms with Crippen molar-refractivity contribution in [3.8, 4) is 0 Å². The number of carbonyl (C=O) groups excluding carboxylic acids is 4. The molecule has 0 spiro atoms. The molecule has 0 aromatic carbocycles. The first-order valence-electron chi connectivity index (χ1n) is 13.8. The Morgan fingerprint density at radius 3 is 2.42 bits per heavy atom. The van der Waals surface area contributed by atoms with E-state index in [1.807, 2.05) is 6.92 Å². The van der Waals surface area contributed by atoms with Gasteiger partial charge in [0.05, 0.1) is 6.54 Å². The van der Waals surface area contributed by atoms with E-state index in [1.165, 1.54) is 11.1 Å². The second kappa shape index (κ2) is 13.3. The van der Waals surface area contributed by atoms with Crippen molar-refractivity contribution in [2.75, 3.05) is 4.90 Å². The van der Waals surface area contributed by atoms with Gasteiger partial charge in [-0.05, 0) is 38.3 Å². The predicted molar refractivity (Wildman–Crippen MR) is 148 cm³/mol. The molecule has 18 nitrogen and oxygen atoms in total. The van der Waals surface area contributed by atoms with Crippen LogP contribution in [0.1, 0.15) is 58.3 Å². The first kappa shape index (κ1) is 30.9. The molecule has 5 N–H and O–H groups in total. The maximum absolute atomic E-state index is 14.2. The number of aromatic amines is 2. The standard InChI is InChI=1S/C25H35N13O5/c1-6-13(2)19(29-24(42)43-25(3,4)5)22(40)28-15(11-17-30-34-35-31-17)23(41)38-16(10-14-8-7-9-26-20(14)38)21(39)27-12-18-32-36-37-33-18/h7-9,13,15-16,19H,6,10-12H2,1-5H3,(H,27,39)(H,28,40)(H,29,42)(H,30,31,34,35)(H,32,33,36,37)/t13-,15-,16-,19-/m0/s1. The first-order valence-corrected chi connectivity index (χ1v) is 13.8. The Bertz CT molecular complexity index is 1410. The Kier molecular flexibility index (Phi) is 9.56. The molecule has 1 aliphatic heterocycles. The number of tetrazole rings is 2. The number of aromatic nitrogens is 9. The Labute approximate surface area is 246 Å². The molecule has 4 heterocycles. The second-order valence-electron chi connectivity index (χ2n) is 11.1. The van der Waals surface area contributed by atoms with Crippen LogP contribution in [-0.2, 0) is 38.5 Å². The van der Waals surface area contributed by atoms with Crippen molar-refractivity contribution >= 4 is 29.6 Å². The van der Waals surface area contributed by atoms with Crippen LogP contribution in [-0.4, -0.2) is 93.8 Å². The summed E-state index contributed by atoms with van der Waals surface area (Å²) in [4.78, 5) is 59.5. The highest BCUT2D eigenvalue weighted by atomic mass is 16.6. The highest BCUT2D eigenvalue weighted by Gasteiger charge is 2.43. The largest absolute Gasteiger partial charge is 0.444 e. The number of carbonyl (C=O) groups is 4. The molecule has 3 aromatic rings. The average Bonchev–Trinajstić information content (AvgIpc) is 3.74. The van der Waals surface area contributed by atoms with Gasteiger partial charge in [0.15, 0.2) is 11.6 Å². The minimum absolute atomic E-state index is 0.0203. The minimum Gasteiger partial charge on any atom is -0.444 e. The Morgan fingerprint density at radius 1 is 1.09 bits per heavy atom. The molecule has 230 valence electrons. The van der Waals surface area contributed by atoms with Gasteiger partial charge in [0.1, 0.15) is 29.5 Å². The number of nitrogens with zero attached hydrogens (tertiary/aromatic N) is 8. The number of fused-ring (bicyclic) bond motifs is 1. The number of alkyl carbamates (subject to hydrolysis) is 1. The normalized spacial score (nSPS) is 16.5. The summed E-state index contributed by atoms with van der Waals surface area (Å²) in [5.41, 5.74) is -0.114. The van der Waals surface area contributed by atoms with Crippen LogP contribution in [0.5, 0.6) is 0 Å². The summed E-state index contributed by atoms with van der Waals surface area (Å²) in [6.07, 6.45) is 1.31. The van der Waals surface area contributed by atoms with Gasteiger partial charge in [-0.3, -0.25) is 19.3 Å². The predicted octanol–water partition coefficient (Wildman–Crippen LogP) is -0.651. The number of pyridine rings is 1. The van der Waals surface area contributed by atoms with Crippen LogP contribution in [0.25, 0.3) is 0 Å². The molecule has 1 aliphatic rings. The number of H-pyrrole nitrogens is 2. The molecule has 0 unspecified atom stereocenters. The monoisotopic (exact) mass is 597 g/mol. The van der Waals surface area contributed by atoms with Gasteiger partial charge in [-0.2, -0.15) is 10.4 Å². The number of amides is 4. The van der Waals surface area contributed by atoms with Crippen molar-refractivity contribution in [2.24, 2.45) is 5.92 Å². The van der Waals surface area contributed by atoms with Crippen molar-refractivity contribution in [3.63, 3.8) is 0 Å². The van der Waals surface area contributed by atoms with Gasteiger partial charge in [-0.25, -0.2) is 9.78 Å². The van der Waals surface area contributed by atoms with Crippen molar-refractivity contribution in [1.82, 2.24) is 62.2 Å². The lowest BCUT2D eigenvalue weighted by molar-refractivity contribution is -0.130. The number of hydrogen-bond acceptors (Lipinski definition) is 12. The van der Waals surface area contributed by atoms with Gasteiger partial charge in [0.25, 0.3) is 5.91 Å². The maximum Gasteiger partial charge on any atom is 0.408 e. The summed E-state index contributed by atoms with van der Waals surface area (Å²) < 4.78 is 5.36. The topological polar surface area (TPSA) is 239 Å². The third kappa shape index (κ3) is 7.83. The molecular weight excluding hydrogens is 562 g/mol. The molecule has 0 fully saturated rings. The van der Waals surface area contributed by atoms with Crippen LogP contribution in [0.4, 0.5) is 10.6 Å². The number of anilines is 1. The van der Waals surface area contributed by atoms with Crippen molar-refractivity contribution in [1.29, 1.82) is 0 Å². The highest BCUT2D eigenvalue weighted by Crippen LogP contribution is 2.31. The van der Waals surface area contributed by atoms with Crippen LogP contribution in [0.2, 0.25) is 0 Å². The van der Waals surface area contributed by atoms with Crippen LogP contribution < -0.4 is 20.9 Å². The molecule has 4 atom stereocenters. The second-order valence-corrected chi connectivity index (χ2v) is 11.1. The fraction of sp³-hybridized carbons (Fsp3) is 0.560. The summed E-state index contributed by atoms with van der Waals surface area (Å²) in [6, 6.07) is 0.208. The zero-order valence-corrected chi connectivity index (χ0v) is 24.5. The maximum atomic E-state index is 14.2. The quantitative estimate of drug-likeness (QED) is 0.185. The van der Waals surface area contributed by atoms with Crippen molar-refractivity contribution in [3.05, 3.63) is 35.5 Å². The van der Waals surface area contributed by atoms with E-state index in [1.54, 1.807) is 39.8 Å². The summed E-state index contributed by atoms with van der Waals surface area (Å²) in [5.74, 6) is -1.36. The molecule has 4 amide bonds. The van der Waals surface area contributed by atoms with Gasteiger partial charge < -0.3 is 20.7 Å². The molecule has 43 heavy (non-hydrogen) atoms. The molecule has 3 aromatic heterocycles. The van der Waals surface area contributed by atoms with Crippen molar-refractivity contribution in [2.45, 2.75) is 84.2 Å². The Morgan fingerprint density at radius 2 is 1.79 bits per heavy atom. The summed E-state index contributed by atoms with van der Waals surface area (Å²) in [5, 5.41) is 35.3. The van der Waals surface area contributed by atoms with Gasteiger partial charge in [0.2, 0.25) is 11.8 Å². The third-order valence-electron chi connectivity index (χ3n) is 6.73. The van der Waals surface area contributed by atoms with Gasteiger partial charge >= 0.3 is 6.09 Å². The van der Waals surface area contributed by atoms with E-state index >= 15 is 0 Å². The van der Waals surface area contributed by atoms with E-state index in [-0.39, 0.29) is 42.8 Å². The van der Waals surface area contributed by atoms with E-state index < -0.39 is 47.5 Å². The van der Waals surface area contributed by atoms with Crippen LogP contribution in [0.15, 0.2) is 18.3 Å². The van der Waals surface area contributed by atoms with E-state index in [0.717, 1.165) is 0 Å². The molecule has 0 saturated carbocycles. The number of nitrogens with one attached hydrogen (secondary N) is 5. The molecule has 0 saturated heterocycles. The fourth-order valence-electron chi connectivity index (χ4n) is 4.48. The fourth-order valence-corrected chi connectivity index (χ4v) is 4.48. The van der Waals surface area contributed by atoms with Crippen LogP contribution >= 0.6 is 0 Å². The first-order chi connectivity index (χ1) is 20.5. The molecular formula is C25H35N13O5. The Hall–Kier alpha value is -5.03. The van der Waals surface area contributed by atoms with Gasteiger partial charge in [0, 0.05) is 19.0 Å². The number of rotatable bonds is 11. The molecule has 4 rings (SSSR count). The lowest BCUT2D eigenvalue weighted by Gasteiger charge is -2.30. The highest BCUT2D eigenvalue weighted by molar-refractivity contribution is 6.06. The SMILES string of the molecule is CC[C@H](C)[C@H](NC(=O)OC(C)(C)C)C(=O)N[C@@H](Cc1nn[nH]n1)C(=O)N1c2ncccc2C[C@H]1C(=O)NCc1nn[nH]n1. The summed E-state index contributed by atoms with van der Waals surface area (Å²) in [6.45, 7) is 8.77. The Balaban J connectivity index is 1.60. The average molecular weight is 598 g/mol. The molecule has 0 radical (unpaired) electrons. The van der Waals surface area contributed by atoms with E-state index in [0.29, 0.717) is 12.0 Å². The van der Waals surface area contributed by atoms with Gasteiger partial charge in [-0.15, -0.1) is 20.4 Å². The number of hydrogen-bond donors (Lipinski definition) is 5. The van der Waals surface area contributed by atoms with E-state index in [2.05, 4.69) is 62.2 Å². The third-order valence-corrected chi connectivity index (χ3v) is 6.73. The van der Waals surface area contributed by atoms with Crippen LogP contribution in [0, 0.1) is 5.92 Å². The van der Waals surface area contributed by atoms with Gasteiger partial charge in [-0.1, -0.05) is 36.8 Å². The van der Waals surface area contributed by atoms with Crippen LogP contribution in [0.3, 0.4) is 0 Å². The smallest absolute Gasteiger partial charge is 0.408 e. The molecule has 0 bridgehead atoms. The number of ether oxygens (including phenoxy) is 1. The minimum atomic E-state index is -1.25. The van der Waals surface area contributed by atoms with Crippen molar-refractivity contribution < 1.29 is 23.9 Å². The lowest BCUT2D eigenvalue weighted by Crippen LogP contribution is -2.59. The zero-order valence-electron chi connectivity index (χ0n) is 24.5. The van der Waals surface area contributed by atoms with E-state index in [4.69, 9.17) is 4.74 Å². The summed E-state index contributed by atoms with van der Waals surface area (Å²) >= 11 is 0. The lowest BCUT2D eigenvalue weighted by atomic mass is 9.97. The van der Waals surface area contributed by atoms with E-state index in [9.17, 15) is 19.2 Å². The zero-order chi connectivity index (χ0) is 31.1. The molecule has 0 aliphatic carbocycles. The molecule has 18 heteroatoms.